The summed E-state index contributed by atoms with van der Waals surface area (Å²) in [4.78, 5) is 22.3. The summed E-state index contributed by atoms with van der Waals surface area (Å²) in [5.74, 6) is 6.87. The number of aromatic carboxylic acids is 2. The number of halogens is 1. The lowest BCUT2D eigenvalue weighted by Gasteiger charge is -2.06. The van der Waals surface area contributed by atoms with Gasteiger partial charge in [0, 0.05) is 10.8 Å². The third-order valence-electron chi connectivity index (χ3n) is 2.59. The van der Waals surface area contributed by atoms with Crippen LogP contribution in [0.25, 0.3) is 0 Å². The summed E-state index contributed by atoms with van der Waals surface area (Å²) in [6, 6.07) is 6.61. The molecule has 0 aliphatic heterocycles. The Kier molecular flexibility index (Phi) is 11.0. The van der Waals surface area contributed by atoms with Gasteiger partial charge in [-0.1, -0.05) is 11.8 Å². The van der Waals surface area contributed by atoms with Gasteiger partial charge in [-0.3, -0.25) is 0 Å². The maximum atomic E-state index is 10.6. The van der Waals surface area contributed by atoms with Crippen molar-refractivity contribution in [3.05, 3.63) is 42.7 Å². The van der Waals surface area contributed by atoms with Gasteiger partial charge in [-0.25, -0.2) is 9.59 Å². The van der Waals surface area contributed by atoms with Gasteiger partial charge in [0.05, 0.1) is 8.66 Å². The zero-order valence-electron chi connectivity index (χ0n) is 17.3. The standard InChI is InChI=1S/C11H12O2S.C6H10.C5H3BrO2S/c1-11(2,3)7-6-8-4-5-9(14-8)10(12)13;1-5-6(2,3)4;6-4-2-1-3(9-4)5(7)8/h4-5H,1-3H3,(H,12,13);1H,2-4H3;1-2H,(H,7,8). The van der Waals surface area contributed by atoms with Crippen LogP contribution in [0.2, 0.25) is 0 Å². The first-order chi connectivity index (χ1) is 13.1. The molecule has 0 spiro atoms. The highest BCUT2D eigenvalue weighted by Gasteiger charge is 2.07. The molecule has 0 amide bonds. The monoisotopic (exact) mass is 496 g/mol. The first kappa shape index (κ1) is 26.9. The summed E-state index contributed by atoms with van der Waals surface area (Å²) < 4.78 is 0.847. The zero-order chi connectivity index (χ0) is 22.8. The number of rotatable bonds is 2. The Morgan fingerprint density at radius 3 is 1.62 bits per heavy atom. The van der Waals surface area contributed by atoms with E-state index in [9.17, 15) is 9.59 Å². The van der Waals surface area contributed by atoms with Gasteiger partial charge in [0.25, 0.3) is 0 Å². The predicted molar refractivity (Wildman–Crippen MR) is 125 cm³/mol. The van der Waals surface area contributed by atoms with E-state index in [4.69, 9.17) is 16.6 Å². The van der Waals surface area contributed by atoms with Crippen LogP contribution >= 0.6 is 38.6 Å². The van der Waals surface area contributed by atoms with Crippen LogP contribution in [0.4, 0.5) is 0 Å². The molecule has 0 aliphatic carbocycles. The summed E-state index contributed by atoms with van der Waals surface area (Å²) in [5.41, 5.74) is 0.0212. The van der Waals surface area contributed by atoms with E-state index in [0.717, 1.165) is 8.66 Å². The Morgan fingerprint density at radius 2 is 1.34 bits per heavy atom. The molecule has 0 bridgehead atoms. The lowest BCUT2D eigenvalue weighted by Crippen LogP contribution is -1.98. The van der Waals surface area contributed by atoms with Gasteiger partial charge >= 0.3 is 11.9 Å². The van der Waals surface area contributed by atoms with Crippen molar-refractivity contribution < 1.29 is 19.8 Å². The quantitative estimate of drug-likeness (QED) is 0.452. The molecule has 2 aromatic heterocycles. The molecule has 156 valence electrons. The lowest BCUT2D eigenvalue weighted by atomic mass is 9.98. The fraction of sp³-hybridized carbons (Fsp3) is 0.364. The second-order valence-corrected chi connectivity index (χ2v) is 11.3. The van der Waals surface area contributed by atoms with Crippen LogP contribution in [0.15, 0.2) is 28.1 Å². The van der Waals surface area contributed by atoms with E-state index >= 15 is 0 Å². The molecule has 0 aromatic carbocycles. The van der Waals surface area contributed by atoms with Crippen LogP contribution < -0.4 is 0 Å². The van der Waals surface area contributed by atoms with E-state index in [2.05, 4.69) is 33.7 Å². The van der Waals surface area contributed by atoms with Crippen molar-refractivity contribution in [2.45, 2.75) is 41.5 Å². The molecular weight excluding hydrogens is 472 g/mol. The minimum atomic E-state index is -0.890. The van der Waals surface area contributed by atoms with Gasteiger partial charge in [0.2, 0.25) is 0 Å². The van der Waals surface area contributed by atoms with Crippen LogP contribution in [-0.4, -0.2) is 22.2 Å². The van der Waals surface area contributed by atoms with Gasteiger partial charge in [0.15, 0.2) is 0 Å². The Bertz CT molecular complexity index is 923. The highest BCUT2D eigenvalue weighted by Crippen LogP contribution is 2.21. The van der Waals surface area contributed by atoms with E-state index in [1.54, 1.807) is 24.3 Å². The SMILES string of the molecule is C#CC(C)(C)C.CC(C)(C)C#Cc1ccc(C(=O)O)s1.O=C(O)c1ccc(Br)s1. The minimum absolute atomic E-state index is 0.0482. The first-order valence-corrected chi connectivity index (χ1v) is 10.9. The largest absolute Gasteiger partial charge is 0.477 e. The number of hydrogen-bond donors (Lipinski definition) is 2. The summed E-state index contributed by atoms with van der Waals surface area (Å²) in [6.07, 6.45) is 5.06. The molecule has 0 aliphatic rings. The Labute approximate surface area is 189 Å². The molecule has 0 saturated carbocycles. The summed E-state index contributed by atoms with van der Waals surface area (Å²) in [5, 5.41) is 17.1. The second kappa shape index (κ2) is 11.8. The second-order valence-electron chi connectivity index (χ2n) is 7.77. The topological polar surface area (TPSA) is 74.6 Å². The summed E-state index contributed by atoms with van der Waals surface area (Å²) in [6.45, 7) is 12.1. The average Bonchev–Trinajstić information content (AvgIpc) is 3.22. The molecule has 2 aromatic rings. The van der Waals surface area contributed by atoms with Crippen molar-refractivity contribution in [1.29, 1.82) is 0 Å². The van der Waals surface area contributed by atoms with Crippen molar-refractivity contribution in [2.24, 2.45) is 10.8 Å². The molecule has 0 unspecified atom stereocenters. The summed E-state index contributed by atoms with van der Waals surface area (Å²) >= 11 is 5.58. The normalized spacial score (nSPS) is 10.1. The molecule has 0 fully saturated rings. The number of hydrogen-bond acceptors (Lipinski definition) is 4. The predicted octanol–water partition coefficient (Wildman–Crippen LogP) is 6.72. The molecule has 29 heavy (non-hydrogen) atoms. The van der Waals surface area contributed by atoms with Crippen molar-refractivity contribution >= 4 is 50.5 Å². The fourth-order valence-corrected chi connectivity index (χ4v) is 3.12. The van der Waals surface area contributed by atoms with Crippen LogP contribution in [-0.2, 0) is 0 Å². The molecule has 2 rings (SSSR count). The molecule has 0 saturated heterocycles. The van der Waals surface area contributed by atoms with Crippen LogP contribution in [0.1, 0.15) is 65.8 Å². The average molecular weight is 497 g/mol. The number of carbonyl (C=O) groups is 2. The highest BCUT2D eigenvalue weighted by molar-refractivity contribution is 9.11. The third-order valence-corrected chi connectivity index (χ3v) is 5.19. The van der Waals surface area contributed by atoms with Gasteiger partial charge in [-0.15, -0.1) is 35.0 Å². The van der Waals surface area contributed by atoms with E-state index < -0.39 is 11.9 Å². The third kappa shape index (κ3) is 13.7. The zero-order valence-corrected chi connectivity index (χ0v) is 20.5. The molecule has 7 heteroatoms. The lowest BCUT2D eigenvalue weighted by molar-refractivity contribution is 0.0691. The van der Waals surface area contributed by atoms with Crippen molar-refractivity contribution in [3.63, 3.8) is 0 Å². The minimum Gasteiger partial charge on any atom is -0.477 e. The van der Waals surface area contributed by atoms with Crippen molar-refractivity contribution in [2.75, 3.05) is 0 Å². The van der Waals surface area contributed by atoms with Crippen molar-refractivity contribution in [1.82, 2.24) is 0 Å². The van der Waals surface area contributed by atoms with Crippen LogP contribution in [0, 0.1) is 35.0 Å². The van der Waals surface area contributed by atoms with E-state index in [1.165, 1.54) is 22.7 Å². The molecule has 4 nitrogen and oxygen atoms in total. The fourth-order valence-electron chi connectivity index (χ4n) is 1.20. The first-order valence-electron chi connectivity index (χ1n) is 8.47. The van der Waals surface area contributed by atoms with E-state index in [-0.39, 0.29) is 10.8 Å². The van der Waals surface area contributed by atoms with Crippen LogP contribution in [0.3, 0.4) is 0 Å². The molecule has 2 heterocycles. The maximum Gasteiger partial charge on any atom is 0.345 e. The molecule has 0 atom stereocenters. The number of carboxylic acids is 2. The Balaban J connectivity index is 0.000000448. The smallest absolute Gasteiger partial charge is 0.345 e. The number of thiophene rings is 2. The van der Waals surface area contributed by atoms with Gasteiger partial charge < -0.3 is 10.2 Å². The highest BCUT2D eigenvalue weighted by atomic mass is 79.9. The van der Waals surface area contributed by atoms with Gasteiger partial charge in [-0.2, -0.15) is 0 Å². The summed E-state index contributed by atoms with van der Waals surface area (Å²) in [7, 11) is 0. The van der Waals surface area contributed by atoms with Gasteiger partial charge in [0.1, 0.15) is 9.75 Å². The molecule has 0 radical (unpaired) electrons. The van der Waals surface area contributed by atoms with Crippen LogP contribution in [0.5, 0.6) is 0 Å². The van der Waals surface area contributed by atoms with E-state index in [1.807, 2.05) is 41.5 Å². The number of carboxylic acid groups (broad SMARTS) is 2. The molecule has 2 N–H and O–H groups in total. The number of terminal acetylenes is 1. The van der Waals surface area contributed by atoms with Gasteiger partial charge in [-0.05, 0) is 81.7 Å². The maximum absolute atomic E-state index is 10.6. The molecular formula is C22H25BrO4S2. The van der Waals surface area contributed by atoms with E-state index in [0.29, 0.717) is 9.75 Å². The Morgan fingerprint density at radius 1 is 0.897 bits per heavy atom. The Hall–Kier alpha value is -2.06. The van der Waals surface area contributed by atoms with Crippen molar-refractivity contribution in [3.8, 4) is 24.2 Å².